The van der Waals surface area contributed by atoms with E-state index in [0.29, 0.717) is 0 Å². The Morgan fingerprint density at radius 3 is 2.28 bits per heavy atom. The summed E-state index contributed by atoms with van der Waals surface area (Å²) in [6.45, 7) is 14.1. The third kappa shape index (κ3) is 4.40. The molecule has 18 heavy (non-hydrogen) atoms. The highest BCUT2D eigenvalue weighted by Gasteiger charge is 2.18. The first-order valence-electron chi connectivity index (χ1n) is 6.67. The minimum absolute atomic E-state index is 0.783. The molecule has 0 saturated heterocycles. The summed E-state index contributed by atoms with van der Waals surface area (Å²) in [5, 5.41) is 3.30. The van der Waals surface area contributed by atoms with Crippen molar-refractivity contribution < 1.29 is 0 Å². The number of nitrogens with one attached hydrogen (secondary N) is 1. The molecule has 0 amide bonds. The van der Waals surface area contributed by atoms with Gasteiger partial charge in [0.2, 0.25) is 0 Å². The Labute approximate surface area is 112 Å². The molecule has 0 spiro atoms. The fourth-order valence-electron chi connectivity index (χ4n) is 1.87. The normalized spacial score (nSPS) is 17.7. The van der Waals surface area contributed by atoms with E-state index in [2.05, 4.69) is 37.7 Å². The molecule has 0 unspecified atom stereocenters. The fraction of sp³-hybridized carbons (Fsp3) is 0.412. The molecule has 0 bridgehead atoms. The van der Waals surface area contributed by atoms with Gasteiger partial charge in [-0.2, -0.15) is 0 Å². The van der Waals surface area contributed by atoms with Crippen molar-refractivity contribution in [1.29, 1.82) is 0 Å². The van der Waals surface area contributed by atoms with Crippen LogP contribution in [-0.2, 0) is 0 Å². The smallest absolute Gasteiger partial charge is 0.0376 e. The lowest BCUT2D eigenvalue weighted by molar-refractivity contribution is 0.366. The molecule has 0 aromatic carbocycles. The van der Waals surface area contributed by atoms with Gasteiger partial charge in [0.25, 0.3) is 0 Å². The van der Waals surface area contributed by atoms with Crippen LogP contribution in [0.25, 0.3) is 0 Å². The van der Waals surface area contributed by atoms with E-state index in [9.17, 15) is 0 Å². The molecule has 1 aliphatic rings. The van der Waals surface area contributed by atoms with Gasteiger partial charge in [0.05, 0.1) is 0 Å². The van der Waals surface area contributed by atoms with Gasteiger partial charge in [-0.3, -0.25) is 0 Å². The van der Waals surface area contributed by atoms with Gasteiger partial charge < -0.3 is 5.32 Å². The van der Waals surface area contributed by atoms with E-state index in [4.69, 9.17) is 0 Å². The largest absolute Gasteiger partial charge is 0.362 e. The van der Waals surface area contributed by atoms with E-state index in [0.717, 1.165) is 22.8 Å². The number of hydrogen-bond donors (Lipinski definition) is 1. The van der Waals surface area contributed by atoms with Crippen LogP contribution in [0.3, 0.4) is 0 Å². The number of allylic oxidation sites excluding steroid dienone is 5. The van der Waals surface area contributed by atoms with E-state index < -0.39 is 0 Å². The molecule has 0 aromatic rings. The van der Waals surface area contributed by atoms with Gasteiger partial charge >= 0.3 is 0 Å². The molecule has 1 saturated carbocycles. The lowest BCUT2D eigenvalue weighted by Crippen LogP contribution is -2.15. The van der Waals surface area contributed by atoms with E-state index >= 15 is 0 Å². The summed E-state index contributed by atoms with van der Waals surface area (Å²) >= 11 is 0. The van der Waals surface area contributed by atoms with Gasteiger partial charge in [-0.25, -0.2) is 0 Å². The molecule has 0 heterocycles. The summed E-state index contributed by atoms with van der Waals surface area (Å²) in [6, 6.07) is 0. The summed E-state index contributed by atoms with van der Waals surface area (Å²) in [5.41, 5.74) is 4.52. The minimum Gasteiger partial charge on any atom is -0.362 e. The molecular weight excluding hydrogens is 218 g/mol. The fourth-order valence-corrected chi connectivity index (χ4v) is 1.87. The maximum atomic E-state index is 4.07. The van der Waals surface area contributed by atoms with Crippen LogP contribution < -0.4 is 5.32 Å². The molecular formula is C17H25N. The summed E-state index contributed by atoms with van der Waals surface area (Å²) in [5.74, 6) is 0.783. The summed E-state index contributed by atoms with van der Waals surface area (Å²) in [6.07, 6.45) is 12.3. The van der Waals surface area contributed by atoms with Crippen LogP contribution in [0.2, 0.25) is 0 Å². The molecule has 0 atom stereocenters. The van der Waals surface area contributed by atoms with Gasteiger partial charge in [0.1, 0.15) is 0 Å². The van der Waals surface area contributed by atoms with E-state index in [1.54, 1.807) is 0 Å². The Balaban J connectivity index is 2.55. The average molecular weight is 243 g/mol. The quantitative estimate of drug-likeness (QED) is 0.656. The van der Waals surface area contributed by atoms with Crippen LogP contribution in [0, 0.1) is 5.92 Å². The first-order valence-corrected chi connectivity index (χ1v) is 6.67. The first-order chi connectivity index (χ1) is 8.54. The van der Waals surface area contributed by atoms with Crippen LogP contribution >= 0.6 is 0 Å². The molecule has 0 radical (unpaired) electrons. The molecule has 1 aliphatic carbocycles. The van der Waals surface area contributed by atoms with Crippen molar-refractivity contribution in [1.82, 2.24) is 5.32 Å². The van der Waals surface area contributed by atoms with Crippen molar-refractivity contribution in [3.8, 4) is 0 Å². The maximum Gasteiger partial charge on any atom is 0.0376 e. The highest BCUT2D eigenvalue weighted by molar-refractivity contribution is 5.39. The van der Waals surface area contributed by atoms with Crippen LogP contribution in [0.1, 0.15) is 40.0 Å². The van der Waals surface area contributed by atoms with Gasteiger partial charge in [-0.15, -0.1) is 0 Å². The predicted molar refractivity (Wildman–Crippen MR) is 81.1 cm³/mol. The zero-order valence-electron chi connectivity index (χ0n) is 11.9. The third-order valence-electron chi connectivity index (χ3n) is 3.43. The molecule has 98 valence electrons. The Bertz CT molecular complexity index is 403. The standard InChI is InChI=1S/C17H25N/c1-6-16(11-10-13(2)3)15(5)18-12-14(4)17-8-7-9-17/h6,10-12,17-18H,2,5,7-9H2,1,3-4H3/b11-10-,14-12+,16-6+. The molecule has 1 rings (SSSR count). The van der Waals surface area contributed by atoms with Crippen molar-refractivity contribution in [3.05, 3.63) is 60.0 Å². The maximum absolute atomic E-state index is 4.07. The predicted octanol–water partition coefficient (Wildman–Crippen LogP) is 4.87. The van der Waals surface area contributed by atoms with Crippen molar-refractivity contribution in [2.45, 2.75) is 40.0 Å². The molecule has 1 fully saturated rings. The molecule has 1 heteroatoms. The van der Waals surface area contributed by atoms with Crippen LogP contribution in [0.5, 0.6) is 0 Å². The monoisotopic (exact) mass is 243 g/mol. The molecule has 1 N–H and O–H groups in total. The third-order valence-corrected chi connectivity index (χ3v) is 3.43. The van der Waals surface area contributed by atoms with E-state index in [-0.39, 0.29) is 0 Å². The molecule has 1 nitrogen and oxygen atoms in total. The lowest BCUT2D eigenvalue weighted by atomic mass is 9.81. The van der Waals surface area contributed by atoms with E-state index in [1.165, 1.54) is 24.8 Å². The van der Waals surface area contributed by atoms with Crippen molar-refractivity contribution in [2.75, 3.05) is 0 Å². The minimum atomic E-state index is 0.783. The topological polar surface area (TPSA) is 12.0 Å². The van der Waals surface area contributed by atoms with Crippen LogP contribution in [0.4, 0.5) is 0 Å². The second-order valence-electron chi connectivity index (χ2n) is 5.06. The van der Waals surface area contributed by atoms with Crippen molar-refractivity contribution in [3.63, 3.8) is 0 Å². The van der Waals surface area contributed by atoms with Crippen molar-refractivity contribution >= 4 is 0 Å². The van der Waals surface area contributed by atoms with Crippen LogP contribution in [-0.4, -0.2) is 0 Å². The Morgan fingerprint density at radius 2 is 1.83 bits per heavy atom. The van der Waals surface area contributed by atoms with Gasteiger partial charge in [0.15, 0.2) is 0 Å². The molecule has 0 aliphatic heterocycles. The van der Waals surface area contributed by atoms with Gasteiger partial charge in [-0.1, -0.05) is 49.0 Å². The summed E-state index contributed by atoms with van der Waals surface area (Å²) < 4.78 is 0. The zero-order chi connectivity index (χ0) is 13.5. The second-order valence-corrected chi connectivity index (χ2v) is 5.06. The van der Waals surface area contributed by atoms with Gasteiger partial charge in [-0.05, 0) is 45.1 Å². The first kappa shape index (κ1) is 14.6. The Hall–Kier alpha value is -1.50. The zero-order valence-corrected chi connectivity index (χ0v) is 11.9. The lowest BCUT2D eigenvalue weighted by Gasteiger charge is -2.26. The summed E-state index contributed by atoms with van der Waals surface area (Å²) in [4.78, 5) is 0. The Morgan fingerprint density at radius 1 is 1.17 bits per heavy atom. The highest BCUT2D eigenvalue weighted by atomic mass is 14.8. The highest BCUT2D eigenvalue weighted by Crippen LogP contribution is 2.32. The SMILES string of the molecule is C=C(C)/C=C\C(=C/C)C(=C)N/C=C(\C)C1CCC1. The van der Waals surface area contributed by atoms with E-state index in [1.807, 2.05) is 26.0 Å². The number of rotatable bonds is 6. The summed E-state index contributed by atoms with van der Waals surface area (Å²) in [7, 11) is 0. The molecule has 0 aromatic heterocycles. The average Bonchev–Trinajstić information content (AvgIpc) is 2.24. The van der Waals surface area contributed by atoms with Crippen molar-refractivity contribution in [2.24, 2.45) is 5.92 Å². The number of hydrogen-bond acceptors (Lipinski definition) is 1. The Kier molecular flexibility index (Phi) is 5.70. The van der Waals surface area contributed by atoms with Gasteiger partial charge in [0, 0.05) is 11.9 Å². The van der Waals surface area contributed by atoms with Crippen LogP contribution in [0.15, 0.2) is 60.0 Å². The second kappa shape index (κ2) is 7.05.